The minimum Gasteiger partial charge on any atom is -0.394 e. The molecule has 0 aromatic rings. The van der Waals surface area contributed by atoms with Crippen LogP contribution in [0.3, 0.4) is 0 Å². The average Bonchev–Trinajstić information content (AvgIpc) is 3.48. The minimum atomic E-state index is -1.78. The smallest absolute Gasteiger partial charge is 0.220 e. The second kappa shape index (κ2) is 50.0. The van der Waals surface area contributed by atoms with E-state index in [2.05, 4.69) is 43.5 Å². The molecule has 12 atom stereocenters. The normalized spacial score (nSPS) is 24.6. The molecule has 2 aliphatic heterocycles. The molecule has 460 valence electrons. The molecule has 0 bridgehead atoms. The second-order valence-corrected chi connectivity index (χ2v) is 23.2. The molecule has 0 spiro atoms. The van der Waals surface area contributed by atoms with Gasteiger partial charge in [0.05, 0.1) is 32.0 Å². The Morgan fingerprint density at radius 2 is 0.859 bits per heavy atom. The number of ether oxygens (including phenoxy) is 4. The molecule has 2 fully saturated rings. The third-order valence-electron chi connectivity index (χ3n) is 16.2. The number of aliphatic hydroxyl groups excluding tert-OH is 8. The minimum absolute atomic E-state index is 0.218. The van der Waals surface area contributed by atoms with Crippen molar-refractivity contribution < 1.29 is 64.6 Å². The number of rotatable bonds is 53. The van der Waals surface area contributed by atoms with Crippen LogP contribution in [0.2, 0.25) is 0 Å². The molecule has 1 amide bonds. The number of carbonyl (C=O) groups excluding carboxylic acids is 1. The molecule has 0 aromatic carbocycles. The van der Waals surface area contributed by atoms with E-state index in [9.17, 15) is 45.6 Å². The molecule has 0 aliphatic carbocycles. The van der Waals surface area contributed by atoms with E-state index >= 15 is 0 Å². The molecule has 0 saturated carbocycles. The van der Waals surface area contributed by atoms with E-state index in [0.29, 0.717) is 12.8 Å². The number of hydrogen-bond donors (Lipinski definition) is 9. The topological polar surface area (TPSA) is 228 Å². The zero-order chi connectivity index (χ0) is 56.7. The highest BCUT2D eigenvalue weighted by atomic mass is 16.7. The van der Waals surface area contributed by atoms with Gasteiger partial charge in [0, 0.05) is 6.42 Å². The number of hydrogen-bond acceptors (Lipinski definition) is 13. The Kier molecular flexibility index (Phi) is 46.5. The van der Waals surface area contributed by atoms with Crippen molar-refractivity contribution in [1.29, 1.82) is 0 Å². The zero-order valence-electron chi connectivity index (χ0n) is 49.7. The number of aliphatic hydroxyl groups is 8. The van der Waals surface area contributed by atoms with E-state index < -0.39 is 86.8 Å². The van der Waals surface area contributed by atoms with Gasteiger partial charge in [-0.2, -0.15) is 0 Å². The number of carbonyl (C=O) groups is 1. The number of amides is 1. The third kappa shape index (κ3) is 34.8. The quantitative estimate of drug-likeness (QED) is 0.0204. The van der Waals surface area contributed by atoms with Gasteiger partial charge in [0.25, 0.3) is 0 Å². The summed E-state index contributed by atoms with van der Waals surface area (Å²) in [6, 6.07) is -0.835. The van der Waals surface area contributed by atoms with E-state index in [1.54, 1.807) is 0 Å². The van der Waals surface area contributed by atoms with Gasteiger partial charge in [0.1, 0.15) is 48.8 Å². The van der Waals surface area contributed by atoms with Crippen LogP contribution < -0.4 is 5.32 Å². The molecule has 12 unspecified atom stereocenters. The first-order valence-corrected chi connectivity index (χ1v) is 32.6. The van der Waals surface area contributed by atoms with Gasteiger partial charge in [-0.05, 0) is 38.5 Å². The van der Waals surface area contributed by atoms with E-state index in [-0.39, 0.29) is 18.9 Å². The van der Waals surface area contributed by atoms with Gasteiger partial charge in [-0.3, -0.25) is 4.79 Å². The van der Waals surface area contributed by atoms with Crippen molar-refractivity contribution >= 4 is 5.91 Å². The Morgan fingerprint density at radius 1 is 0.462 bits per heavy atom. The van der Waals surface area contributed by atoms with Crippen molar-refractivity contribution in [1.82, 2.24) is 5.32 Å². The van der Waals surface area contributed by atoms with E-state index in [4.69, 9.17) is 18.9 Å². The fourth-order valence-corrected chi connectivity index (χ4v) is 10.9. The maximum Gasteiger partial charge on any atom is 0.220 e. The van der Waals surface area contributed by atoms with Crippen LogP contribution in [0.1, 0.15) is 284 Å². The number of nitrogens with one attached hydrogen (secondary N) is 1. The second-order valence-electron chi connectivity index (χ2n) is 23.2. The summed E-state index contributed by atoms with van der Waals surface area (Å²) < 4.78 is 22.8. The molecule has 14 heteroatoms. The molecular formula is C64H121NO13. The first-order chi connectivity index (χ1) is 38.1. The van der Waals surface area contributed by atoms with Crippen LogP contribution in [0.15, 0.2) is 24.3 Å². The van der Waals surface area contributed by atoms with Crippen LogP contribution in [0.25, 0.3) is 0 Å². The fourth-order valence-electron chi connectivity index (χ4n) is 10.9. The molecule has 0 aromatic heterocycles. The molecule has 9 N–H and O–H groups in total. The Morgan fingerprint density at radius 3 is 1.32 bits per heavy atom. The lowest BCUT2D eigenvalue weighted by Crippen LogP contribution is -2.65. The lowest BCUT2D eigenvalue weighted by Gasteiger charge is -2.46. The van der Waals surface area contributed by atoms with E-state index in [0.717, 1.165) is 70.6 Å². The highest BCUT2D eigenvalue weighted by Gasteiger charge is 2.51. The Hall–Kier alpha value is -1.53. The molecule has 14 nitrogen and oxygen atoms in total. The summed E-state index contributed by atoms with van der Waals surface area (Å²) >= 11 is 0. The van der Waals surface area contributed by atoms with Crippen molar-refractivity contribution in [2.45, 2.75) is 357 Å². The molecule has 0 radical (unpaired) electrons. The molecular weight excluding hydrogens is 991 g/mol. The summed E-state index contributed by atoms with van der Waals surface area (Å²) in [5.41, 5.74) is 0. The van der Waals surface area contributed by atoms with Gasteiger partial charge < -0.3 is 65.1 Å². The van der Waals surface area contributed by atoms with Gasteiger partial charge in [-0.15, -0.1) is 0 Å². The first-order valence-electron chi connectivity index (χ1n) is 32.6. The highest BCUT2D eigenvalue weighted by molar-refractivity contribution is 5.76. The lowest BCUT2D eigenvalue weighted by atomic mass is 9.97. The first kappa shape index (κ1) is 72.6. The zero-order valence-corrected chi connectivity index (χ0v) is 49.7. The SMILES string of the molecule is CCCC/C=C\C/C=C\CCCCCCCC(=O)NC(COC1OC(CO)C(OC2OC(CO)C(O)C(O)C2O)C(O)C1O)C(O)CCCCCCCCCCCCCCCCCCCCCCCCCCCCCCCC. The third-order valence-corrected chi connectivity index (χ3v) is 16.2. The average molecular weight is 1110 g/mol. The summed E-state index contributed by atoms with van der Waals surface area (Å²) in [5, 5.41) is 87.3. The van der Waals surface area contributed by atoms with Crippen molar-refractivity contribution in [3.05, 3.63) is 24.3 Å². The van der Waals surface area contributed by atoms with Crippen LogP contribution in [0, 0.1) is 0 Å². The molecule has 78 heavy (non-hydrogen) atoms. The van der Waals surface area contributed by atoms with Crippen molar-refractivity contribution in [2.75, 3.05) is 19.8 Å². The van der Waals surface area contributed by atoms with Crippen LogP contribution in [-0.2, 0) is 23.7 Å². The van der Waals surface area contributed by atoms with Crippen molar-refractivity contribution in [3.8, 4) is 0 Å². The Bertz CT molecular complexity index is 1400. The Labute approximate surface area is 475 Å². The summed E-state index contributed by atoms with van der Waals surface area (Å²) in [7, 11) is 0. The van der Waals surface area contributed by atoms with Gasteiger partial charge >= 0.3 is 0 Å². The van der Waals surface area contributed by atoms with Gasteiger partial charge in [0.2, 0.25) is 5.91 Å². The molecule has 2 rings (SSSR count). The fraction of sp³-hybridized carbons (Fsp3) is 0.922. The van der Waals surface area contributed by atoms with E-state index in [1.807, 2.05) is 0 Å². The van der Waals surface area contributed by atoms with Crippen LogP contribution >= 0.6 is 0 Å². The summed E-state index contributed by atoms with van der Waals surface area (Å²) in [4.78, 5) is 13.3. The van der Waals surface area contributed by atoms with Crippen molar-refractivity contribution in [3.63, 3.8) is 0 Å². The largest absolute Gasteiger partial charge is 0.394 e. The standard InChI is InChI=1S/C64H121NO13/c1-3-5-7-9-11-13-15-17-19-20-21-22-23-24-25-26-27-28-29-30-31-32-33-34-35-37-39-41-43-45-47-53(68)52(65-56(69)48-46-44-42-40-38-36-18-16-14-12-10-8-6-4-2)51-75-63-61(74)59(72)62(55(50-67)77-63)78-64-60(73)58(71)57(70)54(49-66)76-64/h10,12,16,18,52-55,57-64,66-68,70-74H,3-9,11,13-15,17,19-51H2,1-2H3,(H,65,69)/b12-10-,18-16-. The maximum atomic E-state index is 13.3. The monoisotopic (exact) mass is 1110 g/mol. The predicted molar refractivity (Wildman–Crippen MR) is 314 cm³/mol. The van der Waals surface area contributed by atoms with Crippen LogP contribution in [0.5, 0.6) is 0 Å². The van der Waals surface area contributed by atoms with Gasteiger partial charge in [-0.1, -0.05) is 263 Å². The maximum absolute atomic E-state index is 13.3. The summed E-state index contributed by atoms with van der Waals surface area (Å²) in [6.45, 7) is 2.84. The van der Waals surface area contributed by atoms with E-state index in [1.165, 1.54) is 180 Å². The predicted octanol–water partition coefficient (Wildman–Crippen LogP) is 12.0. The lowest BCUT2D eigenvalue weighted by molar-refractivity contribution is -0.359. The summed E-state index contributed by atoms with van der Waals surface area (Å²) in [5.74, 6) is -0.218. The molecule has 2 aliphatic rings. The number of allylic oxidation sites excluding steroid dienone is 4. The number of unbranched alkanes of at least 4 members (excludes halogenated alkanes) is 36. The van der Waals surface area contributed by atoms with Gasteiger partial charge in [-0.25, -0.2) is 0 Å². The summed E-state index contributed by atoms with van der Waals surface area (Å²) in [6.07, 6.45) is 43.4. The molecule has 2 saturated heterocycles. The van der Waals surface area contributed by atoms with Crippen LogP contribution in [0.4, 0.5) is 0 Å². The van der Waals surface area contributed by atoms with Crippen LogP contribution in [-0.4, -0.2) is 140 Å². The highest BCUT2D eigenvalue weighted by Crippen LogP contribution is 2.30. The molecule has 2 heterocycles. The van der Waals surface area contributed by atoms with Gasteiger partial charge in [0.15, 0.2) is 12.6 Å². The van der Waals surface area contributed by atoms with Crippen molar-refractivity contribution in [2.24, 2.45) is 0 Å². The Balaban J connectivity index is 1.65.